The molecule has 0 aromatic carbocycles. The predicted octanol–water partition coefficient (Wildman–Crippen LogP) is 9.05. The van der Waals surface area contributed by atoms with E-state index in [0.29, 0.717) is 4.65 Å². The Balaban J connectivity index is 4.01. The van der Waals surface area contributed by atoms with Gasteiger partial charge in [-0.2, -0.15) is 4.65 Å². The van der Waals surface area contributed by atoms with Gasteiger partial charge < -0.3 is 0 Å². The SMILES string of the molecule is CCCCCCCCCC[N+](O)(CCCCCCCC)CCCCCCCC. The zero-order chi connectivity index (χ0) is 20.8. The number of quaternary nitrogens is 1. The monoisotopic (exact) mass is 398 g/mol. The number of hydrogen-bond acceptors (Lipinski definition) is 1. The minimum absolute atomic E-state index is 0.359. The first-order valence-electron chi connectivity index (χ1n) is 13.3. The van der Waals surface area contributed by atoms with Crippen molar-refractivity contribution in [1.29, 1.82) is 0 Å². The van der Waals surface area contributed by atoms with Crippen molar-refractivity contribution in [2.24, 2.45) is 0 Å². The molecule has 0 atom stereocenters. The van der Waals surface area contributed by atoms with Crippen molar-refractivity contribution in [2.75, 3.05) is 19.6 Å². The summed E-state index contributed by atoms with van der Waals surface area (Å²) in [6, 6.07) is 0. The molecule has 2 nitrogen and oxygen atoms in total. The zero-order valence-corrected chi connectivity index (χ0v) is 20.2. The van der Waals surface area contributed by atoms with Crippen molar-refractivity contribution < 1.29 is 9.85 Å². The van der Waals surface area contributed by atoms with Crippen molar-refractivity contribution in [1.82, 2.24) is 0 Å². The Morgan fingerprint density at radius 1 is 0.357 bits per heavy atom. The van der Waals surface area contributed by atoms with Gasteiger partial charge in [-0.1, -0.05) is 111 Å². The molecule has 0 fully saturated rings. The Hall–Kier alpha value is -0.0800. The van der Waals surface area contributed by atoms with Crippen molar-refractivity contribution in [3.05, 3.63) is 0 Å². The maximum atomic E-state index is 11.2. The minimum Gasteiger partial charge on any atom is -0.217 e. The summed E-state index contributed by atoms with van der Waals surface area (Å²) < 4.78 is 0.359. The second-order valence-electron chi connectivity index (χ2n) is 9.28. The smallest absolute Gasteiger partial charge is 0.109 e. The van der Waals surface area contributed by atoms with Crippen molar-refractivity contribution in [3.8, 4) is 0 Å². The highest BCUT2D eigenvalue weighted by Gasteiger charge is 2.23. The summed E-state index contributed by atoms with van der Waals surface area (Å²) in [4.78, 5) is 0. The molecule has 28 heavy (non-hydrogen) atoms. The van der Waals surface area contributed by atoms with Crippen LogP contribution in [0.5, 0.6) is 0 Å². The lowest BCUT2D eigenvalue weighted by Crippen LogP contribution is -2.47. The lowest BCUT2D eigenvalue weighted by atomic mass is 10.1. The lowest BCUT2D eigenvalue weighted by Gasteiger charge is -2.30. The van der Waals surface area contributed by atoms with E-state index in [1.54, 1.807) is 0 Å². The predicted molar refractivity (Wildman–Crippen MR) is 126 cm³/mol. The molecule has 0 aromatic heterocycles. The van der Waals surface area contributed by atoms with Gasteiger partial charge in [0.05, 0.1) is 0 Å². The lowest BCUT2D eigenvalue weighted by molar-refractivity contribution is -1.10. The van der Waals surface area contributed by atoms with E-state index >= 15 is 0 Å². The van der Waals surface area contributed by atoms with Crippen LogP contribution in [0.15, 0.2) is 0 Å². The van der Waals surface area contributed by atoms with Gasteiger partial charge in [0.1, 0.15) is 19.6 Å². The molecule has 1 N–H and O–H groups in total. The van der Waals surface area contributed by atoms with Gasteiger partial charge in [-0.15, -0.1) is 0 Å². The molecule has 0 radical (unpaired) electrons. The second-order valence-corrected chi connectivity index (χ2v) is 9.28. The molecule has 0 aliphatic rings. The Bertz CT molecular complexity index is 276. The highest BCUT2D eigenvalue weighted by Crippen LogP contribution is 2.16. The molecule has 0 heterocycles. The molecule has 0 bridgehead atoms. The van der Waals surface area contributed by atoms with Gasteiger partial charge in [0.2, 0.25) is 0 Å². The van der Waals surface area contributed by atoms with E-state index in [-0.39, 0.29) is 0 Å². The molecule has 0 aliphatic carbocycles. The van der Waals surface area contributed by atoms with E-state index in [1.807, 2.05) is 0 Å². The van der Waals surface area contributed by atoms with Gasteiger partial charge in [-0.25, -0.2) is 5.21 Å². The zero-order valence-electron chi connectivity index (χ0n) is 20.2. The number of hydrogen-bond donors (Lipinski definition) is 1. The summed E-state index contributed by atoms with van der Waals surface area (Å²) in [7, 11) is 0. The van der Waals surface area contributed by atoms with E-state index in [1.165, 1.54) is 128 Å². The van der Waals surface area contributed by atoms with Crippen LogP contribution in [0.3, 0.4) is 0 Å². The molecule has 0 saturated heterocycles. The first-order chi connectivity index (χ1) is 13.7. The van der Waals surface area contributed by atoms with Crippen LogP contribution in [0.1, 0.15) is 149 Å². The van der Waals surface area contributed by atoms with E-state index in [2.05, 4.69) is 20.8 Å². The number of rotatable bonds is 23. The van der Waals surface area contributed by atoms with Gasteiger partial charge >= 0.3 is 0 Å². The Morgan fingerprint density at radius 3 is 0.821 bits per heavy atom. The Morgan fingerprint density at radius 2 is 0.571 bits per heavy atom. The molecular formula is C26H56NO+. The highest BCUT2D eigenvalue weighted by atomic mass is 16.5. The molecule has 0 spiro atoms. The molecule has 0 rings (SSSR count). The summed E-state index contributed by atoms with van der Waals surface area (Å²) >= 11 is 0. The molecule has 0 aromatic rings. The third kappa shape index (κ3) is 19.2. The quantitative estimate of drug-likeness (QED) is 0.103. The number of hydroxylamine groups is 3. The third-order valence-corrected chi connectivity index (χ3v) is 6.28. The Labute approximate surface area is 179 Å². The maximum Gasteiger partial charge on any atom is 0.109 e. The first-order valence-corrected chi connectivity index (χ1v) is 13.3. The summed E-state index contributed by atoms with van der Waals surface area (Å²) in [5.41, 5.74) is 0. The van der Waals surface area contributed by atoms with Crippen LogP contribution in [0.25, 0.3) is 0 Å². The minimum atomic E-state index is 0.359. The van der Waals surface area contributed by atoms with Gasteiger partial charge in [-0.05, 0) is 38.5 Å². The topological polar surface area (TPSA) is 20.2 Å². The van der Waals surface area contributed by atoms with Crippen LogP contribution in [-0.4, -0.2) is 29.5 Å². The highest BCUT2D eigenvalue weighted by molar-refractivity contribution is 4.50. The van der Waals surface area contributed by atoms with E-state index in [4.69, 9.17) is 0 Å². The molecule has 0 aliphatic heterocycles. The van der Waals surface area contributed by atoms with Crippen LogP contribution in [0.2, 0.25) is 0 Å². The van der Waals surface area contributed by atoms with E-state index in [0.717, 1.165) is 19.6 Å². The summed E-state index contributed by atoms with van der Waals surface area (Å²) in [5.74, 6) is 0. The molecule has 0 saturated carbocycles. The summed E-state index contributed by atoms with van der Waals surface area (Å²) in [6.07, 6.45) is 26.6. The van der Waals surface area contributed by atoms with Crippen LogP contribution in [0, 0.1) is 0 Å². The van der Waals surface area contributed by atoms with Gasteiger partial charge in [-0.3, -0.25) is 0 Å². The van der Waals surface area contributed by atoms with Gasteiger partial charge in [0.25, 0.3) is 0 Å². The van der Waals surface area contributed by atoms with Crippen molar-refractivity contribution >= 4 is 0 Å². The summed E-state index contributed by atoms with van der Waals surface area (Å²) in [5, 5.41) is 11.2. The van der Waals surface area contributed by atoms with Gasteiger partial charge in [0.15, 0.2) is 0 Å². The fourth-order valence-electron chi connectivity index (χ4n) is 4.25. The second kappa shape index (κ2) is 21.6. The average Bonchev–Trinajstić information content (AvgIpc) is 2.69. The van der Waals surface area contributed by atoms with Crippen LogP contribution in [-0.2, 0) is 0 Å². The molecule has 170 valence electrons. The van der Waals surface area contributed by atoms with Crippen molar-refractivity contribution in [3.63, 3.8) is 0 Å². The third-order valence-electron chi connectivity index (χ3n) is 6.28. The van der Waals surface area contributed by atoms with Crippen LogP contribution in [0.4, 0.5) is 0 Å². The molecule has 2 heteroatoms. The largest absolute Gasteiger partial charge is 0.217 e. The first kappa shape index (κ1) is 27.9. The van der Waals surface area contributed by atoms with Crippen molar-refractivity contribution in [2.45, 2.75) is 149 Å². The van der Waals surface area contributed by atoms with Gasteiger partial charge in [0, 0.05) is 0 Å². The fraction of sp³-hybridized carbons (Fsp3) is 1.00. The summed E-state index contributed by atoms with van der Waals surface area (Å²) in [6.45, 7) is 9.79. The number of unbranched alkanes of at least 4 members (excludes halogenated alkanes) is 17. The standard InChI is InChI=1S/C26H56NO/c1-4-7-10-13-16-17-20-23-26-27(28,24-21-18-14-11-8-5-2)25-22-19-15-12-9-6-3/h28H,4-26H2,1-3H3/q+1. The fourth-order valence-corrected chi connectivity index (χ4v) is 4.25. The number of nitrogens with zero attached hydrogens (tertiary/aromatic N) is 1. The van der Waals surface area contributed by atoms with Crippen LogP contribution < -0.4 is 0 Å². The maximum absolute atomic E-state index is 11.2. The normalized spacial score (nSPS) is 12.0. The van der Waals surface area contributed by atoms with E-state index < -0.39 is 0 Å². The molecular weight excluding hydrogens is 342 g/mol. The van der Waals surface area contributed by atoms with Crippen LogP contribution >= 0.6 is 0 Å². The average molecular weight is 399 g/mol. The molecule has 0 amide bonds. The van der Waals surface area contributed by atoms with E-state index in [9.17, 15) is 5.21 Å². The Kier molecular flexibility index (Phi) is 21.6. The molecule has 0 unspecified atom stereocenters.